The number of β-amino-alcohol motifs (C(OH)–C–C–N with tert-alkyl or cyclic N) is 1. The number of likely N-dealkylation sites (tertiary alicyclic amines) is 1. The first-order valence-electron chi connectivity index (χ1n) is 7.19. The van der Waals surface area contributed by atoms with Crippen molar-refractivity contribution in [3.63, 3.8) is 0 Å². The van der Waals surface area contributed by atoms with Gasteiger partial charge in [0, 0.05) is 18.7 Å². The Morgan fingerprint density at radius 1 is 1.42 bits per heavy atom. The minimum atomic E-state index is -0.364. The molecule has 1 aromatic carbocycles. The van der Waals surface area contributed by atoms with E-state index in [4.69, 9.17) is 0 Å². The summed E-state index contributed by atoms with van der Waals surface area (Å²) in [5.74, 6) is 0.565. The topological polar surface area (TPSA) is 40.5 Å². The Hall–Kier alpha value is -1.35. The highest BCUT2D eigenvalue weighted by atomic mass is 16.3. The molecule has 2 unspecified atom stereocenters. The van der Waals surface area contributed by atoms with Crippen molar-refractivity contribution in [2.45, 2.75) is 45.1 Å². The van der Waals surface area contributed by atoms with E-state index in [2.05, 4.69) is 13.8 Å². The number of carbonyl (C=O) groups is 1. The molecule has 0 bridgehead atoms. The molecule has 1 amide bonds. The summed E-state index contributed by atoms with van der Waals surface area (Å²) in [5.41, 5.74) is 2.00. The molecule has 0 aromatic heterocycles. The largest absolute Gasteiger partial charge is 0.391 e. The van der Waals surface area contributed by atoms with Crippen LogP contribution in [0.5, 0.6) is 0 Å². The summed E-state index contributed by atoms with van der Waals surface area (Å²) in [6.45, 7) is 5.58. The fourth-order valence-electron chi connectivity index (χ4n) is 2.51. The zero-order valence-corrected chi connectivity index (χ0v) is 11.8. The van der Waals surface area contributed by atoms with Gasteiger partial charge in [-0.15, -0.1) is 0 Å². The van der Waals surface area contributed by atoms with Crippen LogP contribution in [0.3, 0.4) is 0 Å². The fourth-order valence-corrected chi connectivity index (χ4v) is 2.51. The molecule has 2 atom stereocenters. The maximum atomic E-state index is 12.3. The number of piperidine rings is 1. The number of nitrogens with zero attached hydrogens (tertiary/aromatic N) is 1. The van der Waals surface area contributed by atoms with Gasteiger partial charge in [0.25, 0.3) is 5.91 Å². The molecule has 2 rings (SSSR count). The molecule has 3 heteroatoms. The van der Waals surface area contributed by atoms with Crippen LogP contribution in [0, 0.1) is 0 Å². The lowest BCUT2D eigenvalue weighted by molar-refractivity contribution is 0.0474. The van der Waals surface area contributed by atoms with Crippen molar-refractivity contribution in [3.8, 4) is 0 Å². The number of aliphatic hydroxyl groups excluding tert-OH is 1. The van der Waals surface area contributed by atoms with Gasteiger partial charge < -0.3 is 10.0 Å². The van der Waals surface area contributed by atoms with E-state index in [1.54, 1.807) is 4.90 Å². The van der Waals surface area contributed by atoms with Gasteiger partial charge in [0.2, 0.25) is 0 Å². The Balaban J connectivity index is 2.07. The average Bonchev–Trinajstić information content (AvgIpc) is 2.46. The van der Waals surface area contributed by atoms with E-state index in [0.29, 0.717) is 12.5 Å². The molecular formula is C16H23NO2. The van der Waals surface area contributed by atoms with Crippen molar-refractivity contribution >= 4 is 5.91 Å². The normalized spacial score (nSPS) is 21.2. The quantitative estimate of drug-likeness (QED) is 0.909. The molecule has 0 spiro atoms. The molecule has 1 N–H and O–H groups in total. The number of rotatable bonds is 3. The molecule has 1 heterocycles. The third kappa shape index (κ3) is 3.35. The number of hydrogen-bond donors (Lipinski definition) is 1. The van der Waals surface area contributed by atoms with Gasteiger partial charge in [-0.2, -0.15) is 0 Å². The van der Waals surface area contributed by atoms with Gasteiger partial charge in [-0.1, -0.05) is 26.0 Å². The van der Waals surface area contributed by atoms with E-state index in [-0.39, 0.29) is 12.0 Å². The van der Waals surface area contributed by atoms with Crippen LogP contribution in [-0.4, -0.2) is 35.1 Å². The van der Waals surface area contributed by atoms with Crippen LogP contribution >= 0.6 is 0 Å². The lowest BCUT2D eigenvalue weighted by Crippen LogP contribution is -2.42. The van der Waals surface area contributed by atoms with Gasteiger partial charge in [-0.05, 0) is 42.9 Å². The molecule has 0 aliphatic carbocycles. The van der Waals surface area contributed by atoms with Gasteiger partial charge >= 0.3 is 0 Å². The van der Waals surface area contributed by atoms with Crippen molar-refractivity contribution in [1.82, 2.24) is 4.90 Å². The van der Waals surface area contributed by atoms with Crippen molar-refractivity contribution in [2.24, 2.45) is 0 Å². The fraction of sp³-hybridized carbons (Fsp3) is 0.562. The van der Waals surface area contributed by atoms with Gasteiger partial charge in [-0.25, -0.2) is 0 Å². The highest BCUT2D eigenvalue weighted by molar-refractivity contribution is 5.94. The molecule has 0 radical (unpaired) electrons. The minimum absolute atomic E-state index is 0.0365. The summed E-state index contributed by atoms with van der Waals surface area (Å²) < 4.78 is 0. The van der Waals surface area contributed by atoms with Crippen molar-refractivity contribution in [2.75, 3.05) is 13.1 Å². The highest BCUT2D eigenvalue weighted by Gasteiger charge is 2.22. The van der Waals surface area contributed by atoms with E-state index in [9.17, 15) is 9.90 Å². The first-order chi connectivity index (χ1) is 9.11. The number of carbonyl (C=O) groups excluding carboxylic acids is 1. The van der Waals surface area contributed by atoms with E-state index in [0.717, 1.165) is 31.4 Å². The number of hydrogen-bond acceptors (Lipinski definition) is 2. The molecule has 1 fully saturated rings. The first-order valence-corrected chi connectivity index (χ1v) is 7.19. The molecule has 1 aliphatic rings. The van der Waals surface area contributed by atoms with E-state index in [1.165, 1.54) is 5.56 Å². The molecular weight excluding hydrogens is 238 g/mol. The summed E-state index contributed by atoms with van der Waals surface area (Å²) in [5, 5.41) is 9.63. The minimum Gasteiger partial charge on any atom is -0.391 e. The maximum Gasteiger partial charge on any atom is 0.253 e. The summed E-state index contributed by atoms with van der Waals surface area (Å²) in [6, 6.07) is 7.90. The van der Waals surface area contributed by atoms with Crippen LogP contribution in [0.15, 0.2) is 24.3 Å². The van der Waals surface area contributed by atoms with Gasteiger partial charge in [0.05, 0.1) is 6.10 Å². The zero-order valence-electron chi connectivity index (χ0n) is 11.8. The van der Waals surface area contributed by atoms with Crippen LogP contribution < -0.4 is 0 Å². The van der Waals surface area contributed by atoms with Gasteiger partial charge in [0.1, 0.15) is 0 Å². The smallest absolute Gasteiger partial charge is 0.253 e. The molecule has 1 aromatic rings. The lowest BCUT2D eigenvalue weighted by atomic mass is 9.97. The predicted octanol–water partition coefficient (Wildman–Crippen LogP) is 2.80. The van der Waals surface area contributed by atoms with Crippen molar-refractivity contribution in [3.05, 3.63) is 35.4 Å². The molecule has 1 saturated heterocycles. The Morgan fingerprint density at radius 3 is 2.68 bits per heavy atom. The van der Waals surface area contributed by atoms with Crippen LogP contribution in [-0.2, 0) is 0 Å². The van der Waals surface area contributed by atoms with Crippen LogP contribution in [0.25, 0.3) is 0 Å². The van der Waals surface area contributed by atoms with E-state index in [1.807, 2.05) is 24.3 Å². The molecule has 0 saturated carbocycles. The Labute approximate surface area is 115 Å². The first kappa shape index (κ1) is 14.1. The number of benzene rings is 1. The predicted molar refractivity (Wildman–Crippen MR) is 76.3 cm³/mol. The second kappa shape index (κ2) is 6.20. The van der Waals surface area contributed by atoms with E-state index >= 15 is 0 Å². The maximum absolute atomic E-state index is 12.3. The summed E-state index contributed by atoms with van der Waals surface area (Å²) in [6.07, 6.45) is 2.43. The van der Waals surface area contributed by atoms with Crippen LogP contribution in [0.4, 0.5) is 0 Å². The molecule has 19 heavy (non-hydrogen) atoms. The average molecular weight is 261 g/mol. The second-order valence-electron chi connectivity index (χ2n) is 5.48. The number of aliphatic hydroxyl groups is 1. The third-order valence-corrected chi connectivity index (χ3v) is 4.02. The second-order valence-corrected chi connectivity index (χ2v) is 5.48. The molecule has 104 valence electrons. The summed E-state index contributed by atoms with van der Waals surface area (Å²) >= 11 is 0. The highest BCUT2D eigenvalue weighted by Crippen LogP contribution is 2.20. The van der Waals surface area contributed by atoms with Crippen LogP contribution in [0.2, 0.25) is 0 Å². The van der Waals surface area contributed by atoms with Gasteiger partial charge in [-0.3, -0.25) is 4.79 Å². The lowest BCUT2D eigenvalue weighted by Gasteiger charge is -2.30. The molecule has 1 aliphatic heterocycles. The van der Waals surface area contributed by atoms with Crippen LogP contribution in [0.1, 0.15) is 54.9 Å². The van der Waals surface area contributed by atoms with Crippen molar-refractivity contribution < 1.29 is 9.90 Å². The molecule has 3 nitrogen and oxygen atoms in total. The monoisotopic (exact) mass is 261 g/mol. The Kier molecular flexibility index (Phi) is 4.59. The SMILES string of the molecule is CCC(C)c1ccc(C(=O)N2CCCC(O)C2)cc1. The van der Waals surface area contributed by atoms with Gasteiger partial charge in [0.15, 0.2) is 0 Å². The number of amides is 1. The van der Waals surface area contributed by atoms with E-state index < -0.39 is 0 Å². The third-order valence-electron chi connectivity index (χ3n) is 4.02. The Morgan fingerprint density at radius 2 is 2.11 bits per heavy atom. The zero-order chi connectivity index (χ0) is 13.8. The van der Waals surface area contributed by atoms with Crippen molar-refractivity contribution in [1.29, 1.82) is 0 Å². The summed E-state index contributed by atoms with van der Waals surface area (Å²) in [7, 11) is 0. The Bertz CT molecular complexity index is 427. The summed E-state index contributed by atoms with van der Waals surface area (Å²) in [4.78, 5) is 14.1. The standard InChI is InChI=1S/C16H23NO2/c1-3-12(2)13-6-8-14(9-7-13)16(19)17-10-4-5-15(18)11-17/h6-9,12,15,18H,3-5,10-11H2,1-2H3.